The number of carbonyl (C=O) groups is 1. The van der Waals surface area contributed by atoms with Crippen LogP contribution in [0.25, 0.3) is 11.1 Å². The van der Waals surface area contributed by atoms with Gasteiger partial charge in [0.05, 0.1) is 23.8 Å². The molecule has 194 valence electrons. The number of carbonyl (C=O) groups excluding carboxylic acids is 1. The van der Waals surface area contributed by atoms with Crippen LogP contribution < -0.4 is 10.5 Å². The third-order valence-electron chi connectivity index (χ3n) is 4.30. The maximum atomic E-state index is 9.44. The molecule has 0 radical (unpaired) electrons. The Morgan fingerprint density at radius 1 is 0.800 bits per heavy atom. The van der Waals surface area contributed by atoms with Gasteiger partial charge in [-0.05, 0) is 79.1 Å². The van der Waals surface area contributed by atoms with Gasteiger partial charge in [-0.15, -0.1) is 0 Å². The van der Waals surface area contributed by atoms with E-state index >= 15 is 0 Å². The summed E-state index contributed by atoms with van der Waals surface area (Å²) in [4.78, 5) is 26.8. The van der Waals surface area contributed by atoms with E-state index in [1.165, 1.54) is 43.1 Å². The third-order valence-corrected chi connectivity index (χ3v) is 4.30. The quantitative estimate of drug-likeness (QED) is 0.437. The average molecular weight is 484 g/mol. The van der Waals surface area contributed by atoms with E-state index in [2.05, 4.69) is 58.6 Å². The summed E-state index contributed by atoms with van der Waals surface area (Å²) in [6.45, 7) is 23.2. The number of ketones is 1. The summed E-state index contributed by atoms with van der Waals surface area (Å²) in [6.07, 6.45) is 3.25. The number of nitrogens with two attached hydrogens (primary N) is 1. The van der Waals surface area contributed by atoms with Crippen molar-refractivity contribution < 1.29 is 9.53 Å². The van der Waals surface area contributed by atoms with Crippen molar-refractivity contribution in [2.75, 3.05) is 7.05 Å². The summed E-state index contributed by atoms with van der Waals surface area (Å²) in [6, 6.07) is 4.70. The molecular weight excluding hydrogens is 438 g/mol. The summed E-state index contributed by atoms with van der Waals surface area (Å²) in [7, 11) is 1.50. The molecule has 0 fully saturated rings. The van der Waals surface area contributed by atoms with Crippen molar-refractivity contribution in [2.45, 2.75) is 83.1 Å². The fourth-order valence-electron chi connectivity index (χ4n) is 2.96. The minimum atomic E-state index is 0.167. The maximum Gasteiger partial charge on any atom is 0.322 e. The van der Waals surface area contributed by atoms with E-state index in [-0.39, 0.29) is 5.78 Å². The fourth-order valence-corrected chi connectivity index (χ4v) is 2.96. The van der Waals surface area contributed by atoms with Crippen molar-refractivity contribution in [3.8, 4) is 22.9 Å². The largest absolute Gasteiger partial charge is 0.421 e. The molecule has 0 saturated heterocycles. The van der Waals surface area contributed by atoms with Gasteiger partial charge in [-0.3, -0.25) is 0 Å². The van der Waals surface area contributed by atoms with E-state index in [1.54, 1.807) is 12.4 Å². The SMILES string of the molecule is CC.CC.CC(C)=O.CN.Cc1cc(C)c(C)c(-c2c(C)nc(Oc3cnc(C)nc3)nc2C)c1. The first-order valence-corrected chi connectivity index (χ1v) is 12.0. The van der Waals surface area contributed by atoms with Gasteiger partial charge in [0, 0.05) is 5.56 Å². The number of ether oxygens (including phenoxy) is 1. The number of hydrogen-bond acceptors (Lipinski definition) is 7. The minimum absolute atomic E-state index is 0.167. The number of benzene rings is 1. The van der Waals surface area contributed by atoms with Crippen molar-refractivity contribution in [2.24, 2.45) is 5.73 Å². The predicted octanol–water partition coefficient (Wildman–Crippen LogP) is 6.80. The highest BCUT2D eigenvalue weighted by Crippen LogP contribution is 2.32. The molecule has 0 atom stereocenters. The van der Waals surface area contributed by atoms with E-state index in [0.29, 0.717) is 17.6 Å². The van der Waals surface area contributed by atoms with Crippen LogP contribution in [0.5, 0.6) is 11.8 Å². The summed E-state index contributed by atoms with van der Waals surface area (Å²) in [5.74, 6) is 1.39. The minimum Gasteiger partial charge on any atom is -0.421 e. The zero-order chi connectivity index (χ0) is 27.7. The lowest BCUT2D eigenvalue weighted by Gasteiger charge is -2.15. The van der Waals surface area contributed by atoms with Crippen LogP contribution in [0.1, 0.15) is 75.4 Å². The molecule has 2 heterocycles. The predicted molar refractivity (Wildman–Crippen MR) is 147 cm³/mol. The molecule has 1 aromatic carbocycles. The summed E-state index contributed by atoms with van der Waals surface area (Å²) >= 11 is 0. The molecule has 0 aliphatic rings. The van der Waals surface area contributed by atoms with Gasteiger partial charge in [-0.2, -0.15) is 9.97 Å². The molecule has 0 unspecified atom stereocenters. The Kier molecular flexibility index (Phi) is 17.6. The molecule has 3 aromatic rings. The van der Waals surface area contributed by atoms with Gasteiger partial charge in [0.1, 0.15) is 11.6 Å². The third kappa shape index (κ3) is 11.7. The second kappa shape index (κ2) is 18.2. The van der Waals surface area contributed by atoms with Gasteiger partial charge in [0.2, 0.25) is 0 Å². The molecule has 0 saturated carbocycles. The molecule has 0 aliphatic heterocycles. The zero-order valence-electron chi connectivity index (χ0n) is 24.0. The van der Waals surface area contributed by atoms with E-state index in [0.717, 1.165) is 17.0 Å². The van der Waals surface area contributed by atoms with Crippen molar-refractivity contribution >= 4 is 5.78 Å². The fraction of sp³-hybridized carbons (Fsp3) is 0.464. The van der Waals surface area contributed by atoms with E-state index in [9.17, 15) is 4.79 Å². The number of aryl methyl sites for hydroxylation is 5. The van der Waals surface area contributed by atoms with Crippen LogP contribution >= 0.6 is 0 Å². The lowest BCUT2D eigenvalue weighted by molar-refractivity contribution is -0.114. The van der Waals surface area contributed by atoms with Crippen LogP contribution in [0.15, 0.2) is 24.5 Å². The number of rotatable bonds is 3. The molecule has 7 heteroatoms. The highest BCUT2D eigenvalue weighted by molar-refractivity contribution is 5.73. The first-order chi connectivity index (χ1) is 16.6. The van der Waals surface area contributed by atoms with E-state index < -0.39 is 0 Å². The molecule has 0 amide bonds. The van der Waals surface area contributed by atoms with Crippen LogP contribution in [0.2, 0.25) is 0 Å². The number of Topliss-reactive ketones (excluding diaryl/α,β-unsaturated/α-hetero) is 1. The summed E-state index contributed by atoms with van der Waals surface area (Å²) < 4.78 is 5.72. The molecule has 2 aromatic heterocycles. The number of nitrogens with zero attached hydrogens (tertiary/aromatic N) is 4. The van der Waals surface area contributed by atoms with Gasteiger partial charge in [-0.1, -0.05) is 45.4 Å². The molecule has 7 nitrogen and oxygen atoms in total. The van der Waals surface area contributed by atoms with Gasteiger partial charge < -0.3 is 15.3 Å². The van der Waals surface area contributed by atoms with E-state index in [4.69, 9.17) is 4.74 Å². The first kappa shape index (κ1) is 34.0. The number of aromatic nitrogens is 4. The lowest BCUT2D eigenvalue weighted by Crippen LogP contribution is -2.02. The standard InChI is InChI=1S/C20H22N4O.C3H6O.2C2H6.CH5N/c1-11-7-12(2)13(3)18(8-11)19-14(4)23-20(24-15(19)5)25-17-9-21-16(6)22-10-17;1-3(2)4;3*1-2/h7-10H,1-6H3;1-2H3;2*1-2H3;2H2,1H3. The van der Waals surface area contributed by atoms with Crippen LogP contribution in [0.4, 0.5) is 0 Å². The van der Waals surface area contributed by atoms with Crippen molar-refractivity contribution in [3.05, 3.63) is 58.4 Å². The van der Waals surface area contributed by atoms with Gasteiger partial charge in [0.25, 0.3) is 0 Å². The summed E-state index contributed by atoms with van der Waals surface area (Å²) in [5, 5.41) is 0. The Morgan fingerprint density at radius 2 is 1.23 bits per heavy atom. The van der Waals surface area contributed by atoms with Crippen molar-refractivity contribution in [1.29, 1.82) is 0 Å². The summed E-state index contributed by atoms with van der Waals surface area (Å²) in [5.41, 5.74) is 12.3. The highest BCUT2D eigenvalue weighted by Gasteiger charge is 2.15. The van der Waals surface area contributed by atoms with E-state index in [1.807, 2.05) is 48.5 Å². The molecular formula is C28H45N5O2. The topological polar surface area (TPSA) is 104 Å². The molecule has 0 bridgehead atoms. The highest BCUT2D eigenvalue weighted by atomic mass is 16.5. The Morgan fingerprint density at radius 3 is 1.66 bits per heavy atom. The zero-order valence-corrected chi connectivity index (χ0v) is 24.0. The normalized spacial score (nSPS) is 8.97. The molecule has 0 spiro atoms. The van der Waals surface area contributed by atoms with Crippen LogP contribution in [0.3, 0.4) is 0 Å². The molecule has 0 aliphatic carbocycles. The second-order valence-corrected chi connectivity index (χ2v) is 7.28. The Labute approximate surface area is 212 Å². The van der Waals surface area contributed by atoms with Gasteiger partial charge in [-0.25, -0.2) is 9.97 Å². The van der Waals surface area contributed by atoms with Gasteiger partial charge >= 0.3 is 6.01 Å². The lowest BCUT2D eigenvalue weighted by atomic mass is 9.93. The smallest absolute Gasteiger partial charge is 0.322 e. The second-order valence-electron chi connectivity index (χ2n) is 7.28. The molecule has 35 heavy (non-hydrogen) atoms. The average Bonchev–Trinajstić information content (AvgIpc) is 2.82. The van der Waals surface area contributed by atoms with Gasteiger partial charge in [0.15, 0.2) is 5.75 Å². The first-order valence-electron chi connectivity index (χ1n) is 12.0. The Hall–Kier alpha value is -3.19. The maximum absolute atomic E-state index is 9.44. The Balaban J connectivity index is 0. The monoisotopic (exact) mass is 483 g/mol. The Bertz CT molecular complexity index is 1010. The van der Waals surface area contributed by atoms with Crippen LogP contribution in [-0.2, 0) is 4.79 Å². The van der Waals surface area contributed by atoms with Crippen molar-refractivity contribution in [3.63, 3.8) is 0 Å². The van der Waals surface area contributed by atoms with Crippen LogP contribution in [-0.4, -0.2) is 32.8 Å². The molecule has 3 rings (SSSR count). The molecule has 2 N–H and O–H groups in total. The number of hydrogen-bond donors (Lipinski definition) is 1. The van der Waals surface area contributed by atoms with Crippen LogP contribution in [0, 0.1) is 41.5 Å². The van der Waals surface area contributed by atoms with Crippen molar-refractivity contribution in [1.82, 2.24) is 19.9 Å².